The molecule has 2 aromatic rings. The van der Waals surface area contributed by atoms with Crippen LogP contribution in [-0.4, -0.2) is 52.1 Å². The molecule has 2 aliphatic rings. The summed E-state index contributed by atoms with van der Waals surface area (Å²) in [6, 6.07) is 15.9. The van der Waals surface area contributed by atoms with Crippen molar-refractivity contribution in [3.63, 3.8) is 0 Å². The van der Waals surface area contributed by atoms with Crippen molar-refractivity contribution in [1.82, 2.24) is 4.90 Å². The Morgan fingerprint density at radius 2 is 1.86 bits per heavy atom. The molecule has 1 unspecified atom stereocenters. The highest BCUT2D eigenvalue weighted by Crippen LogP contribution is 2.30. The second-order valence-corrected chi connectivity index (χ2v) is 9.53. The van der Waals surface area contributed by atoms with Gasteiger partial charge in [-0.1, -0.05) is 24.3 Å². The number of hydrogen-bond acceptors (Lipinski definition) is 5. The molecule has 2 aliphatic heterocycles. The molecule has 7 heteroatoms. The first-order chi connectivity index (χ1) is 13.9. The van der Waals surface area contributed by atoms with Gasteiger partial charge in [-0.15, -0.1) is 0 Å². The van der Waals surface area contributed by atoms with E-state index in [-0.39, 0.29) is 11.0 Å². The van der Waals surface area contributed by atoms with Crippen LogP contribution < -0.4 is 10.0 Å². The fraction of sp³-hybridized carbons (Fsp3) is 0.455. The van der Waals surface area contributed by atoms with Crippen LogP contribution in [-0.2, 0) is 21.2 Å². The lowest BCUT2D eigenvalue weighted by Gasteiger charge is -2.41. The van der Waals surface area contributed by atoms with Gasteiger partial charge in [-0.2, -0.15) is 0 Å². The zero-order chi connectivity index (χ0) is 20.4. The molecule has 0 radical (unpaired) electrons. The minimum absolute atomic E-state index is 0.153. The molecule has 0 amide bonds. The predicted octanol–water partition coefficient (Wildman–Crippen LogP) is 2.55. The number of hydrogen-bond donors (Lipinski definition) is 1. The first-order valence-electron chi connectivity index (χ1n) is 10.2. The van der Waals surface area contributed by atoms with Gasteiger partial charge in [0.05, 0.1) is 17.6 Å². The third-order valence-corrected chi connectivity index (χ3v) is 7.00. The van der Waals surface area contributed by atoms with Crippen molar-refractivity contribution >= 4 is 15.7 Å². The number of sulfonamides is 1. The lowest BCUT2D eigenvalue weighted by molar-refractivity contribution is 0.0255. The number of rotatable bonds is 5. The van der Waals surface area contributed by atoms with Gasteiger partial charge in [-0.05, 0) is 55.2 Å². The Balaban J connectivity index is 1.34. The Kier molecular flexibility index (Phi) is 5.92. The third kappa shape index (κ3) is 4.64. The number of piperazine rings is 1. The molecule has 0 aromatic heterocycles. The molecule has 2 heterocycles. The van der Waals surface area contributed by atoms with E-state index in [1.54, 1.807) is 12.1 Å². The van der Waals surface area contributed by atoms with Crippen LogP contribution in [0.15, 0.2) is 53.4 Å². The van der Waals surface area contributed by atoms with Gasteiger partial charge in [0.15, 0.2) is 0 Å². The predicted molar refractivity (Wildman–Crippen MR) is 115 cm³/mol. The summed E-state index contributed by atoms with van der Waals surface area (Å²) >= 11 is 0. The van der Waals surface area contributed by atoms with E-state index in [1.807, 2.05) is 12.1 Å². The van der Waals surface area contributed by atoms with Crippen molar-refractivity contribution in [2.75, 3.05) is 37.7 Å². The van der Waals surface area contributed by atoms with Gasteiger partial charge < -0.3 is 9.64 Å². The van der Waals surface area contributed by atoms with Gasteiger partial charge >= 0.3 is 0 Å². The van der Waals surface area contributed by atoms with E-state index < -0.39 is 10.0 Å². The average molecular weight is 416 g/mol. The number of ether oxygens (including phenoxy) is 1. The average Bonchev–Trinajstić information content (AvgIpc) is 2.72. The van der Waals surface area contributed by atoms with E-state index in [9.17, 15) is 8.42 Å². The summed E-state index contributed by atoms with van der Waals surface area (Å²) in [6.07, 6.45) is 2.20. The van der Waals surface area contributed by atoms with Crippen molar-refractivity contribution in [2.45, 2.75) is 36.8 Å². The maximum absolute atomic E-state index is 11.4. The zero-order valence-corrected chi connectivity index (χ0v) is 17.6. The van der Waals surface area contributed by atoms with Crippen LogP contribution in [0.5, 0.6) is 0 Å². The third-order valence-electron chi connectivity index (χ3n) is 6.07. The number of benzene rings is 2. The van der Waals surface area contributed by atoms with Crippen LogP contribution in [0.4, 0.5) is 5.69 Å². The summed E-state index contributed by atoms with van der Waals surface area (Å²) < 4.78 is 28.9. The molecule has 29 heavy (non-hydrogen) atoms. The summed E-state index contributed by atoms with van der Waals surface area (Å²) in [6.45, 7) is 6.88. The number of primary sulfonamides is 1. The monoisotopic (exact) mass is 415 g/mol. The van der Waals surface area contributed by atoms with E-state index in [0.29, 0.717) is 6.04 Å². The SMILES string of the molecule is C[C@H]1CN(c2ccc(S(N)(=O)=O)cc2)CCN1CCC1OCCc2ccccc21. The smallest absolute Gasteiger partial charge is 0.238 e. The van der Waals surface area contributed by atoms with Gasteiger partial charge in [-0.3, -0.25) is 4.90 Å². The summed E-state index contributed by atoms with van der Waals surface area (Å²) in [4.78, 5) is 4.98. The second kappa shape index (κ2) is 8.44. The fourth-order valence-electron chi connectivity index (χ4n) is 4.41. The maximum Gasteiger partial charge on any atom is 0.238 e. The molecule has 156 valence electrons. The highest BCUT2D eigenvalue weighted by Gasteiger charge is 2.26. The van der Waals surface area contributed by atoms with Crippen LogP contribution in [0.1, 0.15) is 30.6 Å². The topological polar surface area (TPSA) is 75.9 Å². The Morgan fingerprint density at radius 3 is 2.59 bits per heavy atom. The summed E-state index contributed by atoms with van der Waals surface area (Å²) in [7, 11) is -3.65. The molecular formula is C22H29N3O3S. The van der Waals surface area contributed by atoms with Crippen LogP contribution in [0.2, 0.25) is 0 Å². The van der Waals surface area contributed by atoms with Crippen molar-refractivity contribution in [3.8, 4) is 0 Å². The standard InChI is InChI=1S/C22H29N3O3S/c1-17-16-25(19-6-8-20(9-7-19)29(23,26)27)14-13-24(17)12-10-22-21-5-3-2-4-18(21)11-15-28-22/h2-9,17,22H,10-16H2,1H3,(H2,23,26,27)/t17-,22?/m0/s1. The first kappa shape index (κ1) is 20.3. The molecule has 4 rings (SSSR count). The number of nitrogens with zero attached hydrogens (tertiary/aromatic N) is 2. The van der Waals surface area contributed by atoms with Crippen LogP contribution >= 0.6 is 0 Å². The van der Waals surface area contributed by atoms with E-state index in [4.69, 9.17) is 9.88 Å². The quantitative estimate of drug-likeness (QED) is 0.812. The molecule has 0 aliphatic carbocycles. The normalized spacial score (nSPS) is 23.0. The zero-order valence-electron chi connectivity index (χ0n) is 16.8. The number of fused-ring (bicyclic) bond motifs is 1. The Bertz CT molecular complexity index is 946. The van der Waals surface area contributed by atoms with Crippen LogP contribution in [0, 0.1) is 0 Å². The van der Waals surface area contributed by atoms with Gasteiger partial charge in [0.25, 0.3) is 0 Å². The highest BCUT2D eigenvalue weighted by atomic mass is 32.2. The highest BCUT2D eigenvalue weighted by molar-refractivity contribution is 7.89. The largest absolute Gasteiger partial charge is 0.373 e. The maximum atomic E-state index is 11.4. The molecule has 2 aromatic carbocycles. The Hall–Kier alpha value is -1.93. The van der Waals surface area contributed by atoms with E-state index >= 15 is 0 Å². The fourth-order valence-corrected chi connectivity index (χ4v) is 4.92. The lowest BCUT2D eigenvalue weighted by Crippen LogP contribution is -2.52. The Morgan fingerprint density at radius 1 is 1.10 bits per heavy atom. The summed E-state index contributed by atoms with van der Waals surface area (Å²) in [5, 5.41) is 5.19. The summed E-state index contributed by atoms with van der Waals surface area (Å²) in [5.74, 6) is 0. The number of anilines is 1. The van der Waals surface area contributed by atoms with Crippen molar-refractivity contribution in [2.24, 2.45) is 5.14 Å². The second-order valence-electron chi connectivity index (χ2n) is 7.97. The van der Waals surface area contributed by atoms with Gasteiger partial charge in [0.1, 0.15) is 0 Å². The van der Waals surface area contributed by atoms with Crippen molar-refractivity contribution in [1.29, 1.82) is 0 Å². The molecule has 0 bridgehead atoms. The molecule has 0 saturated carbocycles. The molecule has 0 spiro atoms. The van der Waals surface area contributed by atoms with E-state index in [1.165, 1.54) is 11.1 Å². The molecule has 6 nitrogen and oxygen atoms in total. The minimum Gasteiger partial charge on any atom is -0.373 e. The minimum atomic E-state index is -3.65. The van der Waals surface area contributed by atoms with Crippen molar-refractivity contribution < 1.29 is 13.2 Å². The Labute approximate surface area is 173 Å². The van der Waals surface area contributed by atoms with E-state index in [0.717, 1.165) is 51.3 Å². The van der Waals surface area contributed by atoms with Crippen LogP contribution in [0.3, 0.4) is 0 Å². The van der Waals surface area contributed by atoms with Crippen molar-refractivity contribution in [3.05, 3.63) is 59.7 Å². The van der Waals surface area contributed by atoms with Gasteiger partial charge in [0.2, 0.25) is 10.0 Å². The summed E-state index contributed by atoms with van der Waals surface area (Å²) in [5.41, 5.74) is 3.80. The molecule has 2 N–H and O–H groups in total. The molecule has 1 fully saturated rings. The molecule has 2 atom stereocenters. The van der Waals surface area contributed by atoms with E-state index in [2.05, 4.69) is 41.0 Å². The van der Waals surface area contributed by atoms with Gasteiger partial charge in [0, 0.05) is 37.9 Å². The van der Waals surface area contributed by atoms with Crippen LogP contribution in [0.25, 0.3) is 0 Å². The number of nitrogens with two attached hydrogens (primary N) is 1. The van der Waals surface area contributed by atoms with Gasteiger partial charge in [-0.25, -0.2) is 13.6 Å². The lowest BCUT2D eigenvalue weighted by atomic mass is 9.95. The molecular weight excluding hydrogens is 386 g/mol. The molecule has 1 saturated heterocycles. The first-order valence-corrected chi connectivity index (χ1v) is 11.8.